The lowest BCUT2D eigenvalue weighted by Gasteiger charge is -2.09. The van der Waals surface area contributed by atoms with Crippen LogP contribution in [0, 0.1) is 5.92 Å². The van der Waals surface area contributed by atoms with E-state index in [9.17, 15) is 4.79 Å². The van der Waals surface area contributed by atoms with Crippen molar-refractivity contribution < 1.29 is 4.79 Å². The molecule has 1 atom stereocenters. The number of aromatic amines is 1. The molecule has 3 rings (SSSR count). The third kappa shape index (κ3) is 3.82. The molecule has 1 aromatic carbocycles. The zero-order valence-electron chi connectivity index (χ0n) is 12.2. The van der Waals surface area contributed by atoms with Gasteiger partial charge in [0.1, 0.15) is 0 Å². The number of para-hydroxylation sites is 1. The normalized spacial score (nSPS) is 18.2. The molecular formula is C17H22N2OS. The first kappa shape index (κ1) is 14.5. The lowest BCUT2D eigenvalue weighted by atomic mass is 10.1. The number of nitrogens with one attached hydrogen (secondary N) is 2. The molecule has 0 aliphatic carbocycles. The number of thioether (sulfide) groups is 1. The van der Waals surface area contributed by atoms with E-state index < -0.39 is 0 Å². The SMILES string of the molecule is O=C(CCCc1c[nH]c2ccccc12)NCC1CCSC1. The third-order valence-electron chi connectivity index (χ3n) is 4.14. The molecule has 1 unspecified atom stereocenters. The minimum atomic E-state index is 0.201. The van der Waals surface area contributed by atoms with Crippen molar-refractivity contribution in [3.63, 3.8) is 0 Å². The second kappa shape index (κ2) is 7.03. The standard InChI is InChI=1S/C17H22N2OS/c20-17(19-10-13-8-9-21-12-13)7-3-4-14-11-18-16-6-2-1-5-15(14)16/h1-2,5-6,11,13,18H,3-4,7-10,12H2,(H,19,20). The average Bonchev–Trinajstić information content (AvgIpc) is 3.15. The Bertz CT molecular complexity index is 602. The van der Waals surface area contributed by atoms with E-state index in [1.165, 1.54) is 34.4 Å². The minimum absolute atomic E-state index is 0.201. The van der Waals surface area contributed by atoms with Crippen LogP contribution in [-0.4, -0.2) is 28.9 Å². The summed E-state index contributed by atoms with van der Waals surface area (Å²) in [5.74, 6) is 3.34. The molecule has 0 radical (unpaired) electrons. The molecular weight excluding hydrogens is 280 g/mol. The summed E-state index contributed by atoms with van der Waals surface area (Å²) in [5.41, 5.74) is 2.49. The Morgan fingerprint density at radius 1 is 1.38 bits per heavy atom. The van der Waals surface area contributed by atoms with Crippen molar-refractivity contribution in [1.29, 1.82) is 0 Å². The Morgan fingerprint density at radius 3 is 3.14 bits per heavy atom. The maximum Gasteiger partial charge on any atom is 0.220 e. The van der Waals surface area contributed by atoms with Crippen molar-refractivity contribution in [3.05, 3.63) is 36.0 Å². The Morgan fingerprint density at radius 2 is 2.29 bits per heavy atom. The average molecular weight is 302 g/mol. The quantitative estimate of drug-likeness (QED) is 0.859. The summed E-state index contributed by atoms with van der Waals surface area (Å²) in [4.78, 5) is 15.2. The monoisotopic (exact) mass is 302 g/mol. The van der Waals surface area contributed by atoms with Gasteiger partial charge in [-0.05, 0) is 48.3 Å². The van der Waals surface area contributed by atoms with E-state index >= 15 is 0 Å². The maximum absolute atomic E-state index is 11.9. The number of amides is 1. The number of H-pyrrole nitrogens is 1. The van der Waals surface area contributed by atoms with Crippen LogP contribution in [-0.2, 0) is 11.2 Å². The second-order valence-electron chi connectivity index (χ2n) is 5.75. The number of rotatable bonds is 6. The van der Waals surface area contributed by atoms with Crippen molar-refractivity contribution in [3.8, 4) is 0 Å². The predicted molar refractivity (Wildman–Crippen MR) is 89.7 cm³/mol. The van der Waals surface area contributed by atoms with E-state index in [-0.39, 0.29) is 5.91 Å². The zero-order chi connectivity index (χ0) is 14.5. The molecule has 1 saturated heterocycles. The van der Waals surface area contributed by atoms with E-state index in [4.69, 9.17) is 0 Å². The van der Waals surface area contributed by atoms with E-state index in [1.807, 2.05) is 17.8 Å². The fourth-order valence-corrected chi connectivity index (χ4v) is 4.15. The number of carbonyl (C=O) groups excluding carboxylic acids is 1. The van der Waals surface area contributed by atoms with Crippen LogP contribution in [0.5, 0.6) is 0 Å². The van der Waals surface area contributed by atoms with Crippen LogP contribution in [0.3, 0.4) is 0 Å². The van der Waals surface area contributed by atoms with Gasteiger partial charge >= 0.3 is 0 Å². The Kier molecular flexibility index (Phi) is 4.86. The second-order valence-corrected chi connectivity index (χ2v) is 6.90. The number of aryl methyl sites for hydroxylation is 1. The number of benzene rings is 1. The number of fused-ring (bicyclic) bond motifs is 1. The van der Waals surface area contributed by atoms with Crippen LogP contribution in [0.2, 0.25) is 0 Å². The summed E-state index contributed by atoms with van der Waals surface area (Å²) in [6.45, 7) is 0.860. The van der Waals surface area contributed by atoms with Crippen LogP contribution < -0.4 is 5.32 Å². The summed E-state index contributed by atoms with van der Waals surface area (Å²) in [6, 6.07) is 8.33. The van der Waals surface area contributed by atoms with Gasteiger partial charge in [-0.3, -0.25) is 4.79 Å². The van der Waals surface area contributed by atoms with E-state index in [1.54, 1.807) is 0 Å². The Hall–Kier alpha value is -1.42. The maximum atomic E-state index is 11.9. The van der Waals surface area contributed by atoms with Crippen LogP contribution in [0.25, 0.3) is 10.9 Å². The van der Waals surface area contributed by atoms with E-state index in [2.05, 4.69) is 34.7 Å². The summed E-state index contributed by atoms with van der Waals surface area (Å²) >= 11 is 2.00. The Balaban J connectivity index is 1.42. The molecule has 1 fully saturated rings. The van der Waals surface area contributed by atoms with Crippen LogP contribution in [0.1, 0.15) is 24.8 Å². The molecule has 1 aromatic heterocycles. The molecule has 4 heteroatoms. The van der Waals surface area contributed by atoms with Gasteiger partial charge in [-0.1, -0.05) is 18.2 Å². The molecule has 1 aliphatic rings. The van der Waals surface area contributed by atoms with Crippen LogP contribution in [0.15, 0.2) is 30.5 Å². The number of carbonyl (C=O) groups is 1. The molecule has 1 amide bonds. The highest BCUT2D eigenvalue weighted by atomic mass is 32.2. The van der Waals surface area contributed by atoms with Crippen LogP contribution in [0.4, 0.5) is 0 Å². The molecule has 2 N–H and O–H groups in total. The topological polar surface area (TPSA) is 44.9 Å². The largest absolute Gasteiger partial charge is 0.361 e. The molecule has 0 bridgehead atoms. The van der Waals surface area contributed by atoms with Gasteiger partial charge in [0.25, 0.3) is 0 Å². The summed E-state index contributed by atoms with van der Waals surface area (Å²) < 4.78 is 0. The first-order valence-electron chi connectivity index (χ1n) is 7.72. The summed E-state index contributed by atoms with van der Waals surface area (Å²) in [5, 5.41) is 4.36. The number of hydrogen-bond acceptors (Lipinski definition) is 2. The first-order chi connectivity index (χ1) is 10.3. The van der Waals surface area contributed by atoms with Crippen molar-refractivity contribution in [2.24, 2.45) is 5.92 Å². The van der Waals surface area contributed by atoms with Crippen molar-refractivity contribution in [2.75, 3.05) is 18.1 Å². The summed E-state index contributed by atoms with van der Waals surface area (Å²) in [6.07, 6.45) is 5.81. The predicted octanol–water partition coefficient (Wildman–Crippen LogP) is 3.36. The zero-order valence-corrected chi connectivity index (χ0v) is 13.0. The van der Waals surface area contributed by atoms with Gasteiger partial charge in [-0.25, -0.2) is 0 Å². The third-order valence-corrected chi connectivity index (χ3v) is 5.37. The molecule has 1 aliphatic heterocycles. The molecule has 0 saturated carbocycles. The minimum Gasteiger partial charge on any atom is -0.361 e. The number of hydrogen-bond donors (Lipinski definition) is 2. The smallest absolute Gasteiger partial charge is 0.220 e. The van der Waals surface area contributed by atoms with Gasteiger partial charge in [-0.2, -0.15) is 11.8 Å². The Labute approximate surface area is 129 Å². The molecule has 2 aromatic rings. The van der Waals surface area contributed by atoms with Gasteiger partial charge in [0.05, 0.1) is 0 Å². The van der Waals surface area contributed by atoms with Gasteiger partial charge in [0.15, 0.2) is 0 Å². The molecule has 0 spiro atoms. The fourth-order valence-electron chi connectivity index (χ4n) is 2.87. The lowest BCUT2D eigenvalue weighted by molar-refractivity contribution is -0.121. The fraction of sp³-hybridized carbons (Fsp3) is 0.471. The van der Waals surface area contributed by atoms with Crippen LogP contribution >= 0.6 is 11.8 Å². The van der Waals surface area contributed by atoms with Gasteiger partial charge in [-0.15, -0.1) is 0 Å². The van der Waals surface area contributed by atoms with Crippen molar-refractivity contribution in [2.45, 2.75) is 25.7 Å². The molecule has 3 nitrogen and oxygen atoms in total. The highest BCUT2D eigenvalue weighted by molar-refractivity contribution is 7.99. The molecule has 2 heterocycles. The first-order valence-corrected chi connectivity index (χ1v) is 8.88. The summed E-state index contributed by atoms with van der Waals surface area (Å²) in [7, 11) is 0. The lowest BCUT2D eigenvalue weighted by Crippen LogP contribution is -2.29. The van der Waals surface area contributed by atoms with E-state index in [0.717, 1.165) is 19.4 Å². The molecule has 112 valence electrons. The van der Waals surface area contributed by atoms with Crippen molar-refractivity contribution in [1.82, 2.24) is 10.3 Å². The van der Waals surface area contributed by atoms with Crippen molar-refractivity contribution >= 4 is 28.6 Å². The highest BCUT2D eigenvalue weighted by Crippen LogP contribution is 2.22. The highest BCUT2D eigenvalue weighted by Gasteiger charge is 2.15. The van der Waals surface area contributed by atoms with Gasteiger partial charge in [0, 0.05) is 30.1 Å². The van der Waals surface area contributed by atoms with Gasteiger partial charge in [0.2, 0.25) is 5.91 Å². The van der Waals surface area contributed by atoms with Gasteiger partial charge < -0.3 is 10.3 Å². The molecule has 21 heavy (non-hydrogen) atoms. The van der Waals surface area contributed by atoms with E-state index in [0.29, 0.717) is 12.3 Å². The number of aromatic nitrogens is 1.